The Bertz CT molecular complexity index is 167. The first-order valence-electron chi connectivity index (χ1n) is 6.64. The third-order valence-electron chi connectivity index (χ3n) is 3.21. The Morgan fingerprint density at radius 2 is 1.31 bits per heavy atom. The van der Waals surface area contributed by atoms with Crippen LogP contribution in [0.3, 0.4) is 0 Å². The topological polar surface area (TPSA) is 18.5 Å². The summed E-state index contributed by atoms with van der Waals surface area (Å²) in [6.45, 7) is 15.3. The molecule has 2 nitrogen and oxygen atoms in total. The Labute approximate surface area is 104 Å². The molecule has 0 radical (unpaired) electrons. The lowest BCUT2D eigenvalue weighted by Gasteiger charge is -2.32. The third kappa shape index (κ3) is 6.66. The Kier molecular flexibility index (Phi) is 7.52. The highest BCUT2D eigenvalue weighted by atomic mass is 28.3. The predicted octanol–water partition coefficient (Wildman–Crippen LogP) is 3.88. The molecule has 0 aromatic rings. The summed E-state index contributed by atoms with van der Waals surface area (Å²) in [7, 11) is -1.51. The van der Waals surface area contributed by atoms with Crippen LogP contribution in [0.1, 0.15) is 61.3 Å². The molecular formula is C13H30O2Si. The van der Waals surface area contributed by atoms with Gasteiger partial charge in [0.1, 0.15) is 0 Å². The van der Waals surface area contributed by atoms with E-state index in [1.165, 1.54) is 12.8 Å². The van der Waals surface area contributed by atoms with Gasteiger partial charge in [-0.1, -0.05) is 33.6 Å². The third-order valence-corrected chi connectivity index (χ3v) is 6.23. The fourth-order valence-electron chi connectivity index (χ4n) is 1.68. The zero-order chi connectivity index (χ0) is 12.8. The molecule has 0 unspecified atom stereocenters. The number of hydrogen-bond donors (Lipinski definition) is 0. The van der Waals surface area contributed by atoms with Crippen LogP contribution in [0.15, 0.2) is 0 Å². The summed E-state index contributed by atoms with van der Waals surface area (Å²) in [4.78, 5) is 0. The van der Waals surface area contributed by atoms with E-state index in [9.17, 15) is 0 Å². The van der Waals surface area contributed by atoms with Crippen LogP contribution in [0.25, 0.3) is 0 Å². The van der Waals surface area contributed by atoms with Crippen molar-refractivity contribution in [1.82, 2.24) is 0 Å². The minimum atomic E-state index is -1.51. The maximum Gasteiger partial charge on any atom is 0.322 e. The zero-order valence-corrected chi connectivity index (χ0v) is 13.3. The van der Waals surface area contributed by atoms with Gasteiger partial charge < -0.3 is 8.85 Å². The molecule has 3 heteroatoms. The van der Waals surface area contributed by atoms with Gasteiger partial charge >= 0.3 is 9.28 Å². The van der Waals surface area contributed by atoms with E-state index in [1.54, 1.807) is 0 Å². The molecule has 0 aliphatic rings. The predicted molar refractivity (Wildman–Crippen MR) is 73.1 cm³/mol. The first kappa shape index (κ1) is 16.1. The molecular weight excluding hydrogens is 216 g/mol. The largest absolute Gasteiger partial charge is 0.394 e. The minimum Gasteiger partial charge on any atom is -0.394 e. The van der Waals surface area contributed by atoms with Gasteiger partial charge in [0.25, 0.3) is 0 Å². The van der Waals surface area contributed by atoms with Crippen molar-refractivity contribution in [3.8, 4) is 0 Å². The number of hydrogen-bond acceptors (Lipinski definition) is 2. The van der Waals surface area contributed by atoms with E-state index in [0.29, 0.717) is 5.41 Å². The second kappa shape index (κ2) is 7.46. The maximum absolute atomic E-state index is 5.98. The highest BCUT2D eigenvalue weighted by Crippen LogP contribution is 2.32. The Morgan fingerprint density at radius 3 is 1.56 bits per heavy atom. The van der Waals surface area contributed by atoms with E-state index < -0.39 is 9.28 Å². The highest BCUT2D eigenvalue weighted by Gasteiger charge is 2.29. The molecule has 16 heavy (non-hydrogen) atoms. The van der Waals surface area contributed by atoms with E-state index in [1.807, 2.05) is 0 Å². The standard InChI is InChI=1S/C13H30O2Si/c1-8-13(7,9-2)10-16(14-11(3)4)15-12(5)6/h11-12,16H,8-10H2,1-7H3. The van der Waals surface area contributed by atoms with Crippen LogP contribution in [0.2, 0.25) is 6.04 Å². The van der Waals surface area contributed by atoms with Crippen LogP contribution in [0.4, 0.5) is 0 Å². The zero-order valence-electron chi connectivity index (χ0n) is 12.2. The molecule has 0 aromatic carbocycles. The lowest BCUT2D eigenvalue weighted by atomic mass is 9.87. The summed E-state index contributed by atoms with van der Waals surface area (Å²) < 4.78 is 12.0. The lowest BCUT2D eigenvalue weighted by Crippen LogP contribution is -2.34. The molecule has 0 spiro atoms. The van der Waals surface area contributed by atoms with Crippen molar-refractivity contribution in [3.63, 3.8) is 0 Å². The molecule has 0 aliphatic carbocycles. The van der Waals surface area contributed by atoms with Crippen LogP contribution in [-0.4, -0.2) is 21.5 Å². The first-order chi connectivity index (χ1) is 7.33. The van der Waals surface area contributed by atoms with Crippen LogP contribution < -0.4 is 0 Å². The SMILES string of the molecule is CCC(C)(CC)C[SiH](OC(C)C)OC(C)C. The Balaban J connectivity index is 4.39. The van der Waals surface area contributed by atoms with Gasteiger partial charge in [-0.15, -0.1) is 0 Å². The van der Waals surface area contributed by atoms with Crippen LogP contribution in [-0.2, 0) is 8.85 Å². The molecule has 0 aliphatic heterocycles. The smallest absolute Gasteiger partial charge is 0.322 e. The van der Waals surface area contributed by atoms with Gasteiger partial charge in [-0.25, -0.2) is 0 Å². The van der Waals surface area contributed by atoms with Crippen molar-refractivity contribution < 1.29 is 8.85 Å². The second-order valence-corrected chi connectivity index (χ2v) is 7.33. The monoisotopic (exact) mass is 246 g/mol. The van der Waals surface area contributed by atoms with Crippen molar-refractivity contribution >= 4 is 9.28 Å². The van der Waals surface area contributed by atoms with Crippen LogP contribution in [0.5, 0.6) is 0 Å². The summed E-state index contributed by atoms with van der Waals surface area (Å²) in [5.74, 6) is 0. The second-order valence-electron chi connectivity index (χ2n) is 5.52. The van der Waals surface area contributed by atoms with Gasteiger partial charge in [0.2, 0.25) is 0 Å². The van der Waals surface area contributed by atoms with Crippen LogP contribution >= 0.6 is 0 Å². The molecule has 0 heterocycles. The fraction of sp³-hybridized carbons (Fsp3) is 1.00. The lowest BCUT2D eigenvalue weighted by molar-refractivity contribution is 0.119. The molecule has 0 N–H and O–H groups in total. The van der Waals surface area contributed by atoms with Gasteiger partial charge in [0, 0.05) is 12.2 Å². The molecule has 0 atom stereocenters. The molecule has 0 amide bonds. The summed E-state index contributed by atoms with van der Waals surface area (Å²) in [5, 5.41) is 0. The molecule has 0 bridgehead atoms. The molecule has 0 saturated heterocycles. The van der Waals surface area contributed by atoms with Gasteiger partial charge in [0.05, 0.1) is 0 Å². The first-order valence-corrected chi connectivity index (χ1v) is 8.39. The fourth-order valence-corrected chi connectivity index (χ4v) is 4.53. The molecule has 0 saturated carbocycles. The van der Waals surface area contributed by atoms with E-state index >= 15 is 0 Å². The van der Waals surface area contributed by atoms with Gasteiger partial charge in [0.15, 0.2) is 0 Å². The van der Waals surface area contributed by atoms with Crippen molar-refractivity contribution in [3.05, 3.63) is 0 Å². The van der Waals surface area contributed by atoms with E-state index in [-0.39, 0.29) is 12.2 Å². The molecule has 0 aromatic heterocycles. The van der Waals surface area contributed by atoms with Crippen molar-refractivity contribution in [1.29, 1.82) is 0 Å². The van der Waals surface area contributed by atoms with Gasteiger partial charge in [-0.2, -0.15) is 0 Å². The number of rotatable bonds is 8. The Morgan fingerprint density at radius 1 is 0.938 bits per heavy atom. The molecule has 0 fully saturated rings. The van der Waals surface area contributed by atoms with E-state index in [0.717, 1.165) is 6.04 Å². The van der Waals surface area contributed by atoms with Crippen molar-refractivity contribution in [2.45, 2.75) is 79.6 Å². The summed E-state index contributed by atoms with van der Waals surface area (Å²) in [6, 6.07) is 1.12. The summed E-state index contributed by atoms with van der Waals surface area (Å²) >= 11 is 0. The Hall–Kier alpha value is 0.137. The quantitative estimate of drug-likeness (QED) is 0.605. The normalized spacial score (nSPS) is 13.1. The minimum absolute atomic E-state index is 0.286. The van der Waals surface area contributed by atoms with Crippen LogP contribution in [0, 0.1) is 5.41 Å². The molecule has 0 rings (SSSR count). The highest BCUT2D eigenvalue weighted by molar-refractivity contribution is 6.44. The van der Waals surface area contributed by atoms with Gasteiger partial charge in [-0.3, -0.25) is 0 Å². The van der Waals surface area contributed by atoms with E-state index in [2.05, 4.69) is 48.5 Å². The van der Waals surface area contributed by atoms with Gasteiger partial charge in [-0.05, 0) is 39.2 Å². The summed E-state index contributed by atoms with van der Waals surface area (Å²) in [6.07, 6.45) is 2.98. The van der Waals surface area contributed by atoms with Crippen molar-refractivity contribution in [2.75, 3.05) is 0 Å². The summed E-state index contributed by atoms with van der Waals surface area (Å²) in [5.41, 5.74) is 0.390. The average Bonchev–Trinajstić information content (AvgIpc) is 2.15. The average molecular weight is 246 g/mol. The van der Waals surface area contributed by atoms with Crippen molar-refractivity contribution in [2.24, 2.45) is 5.41 Å². The molecule has 98 valence electrons. The maximum atomic E-state index is 5.98. The van der Waals surface area contributed by atoms with E-state index in [4.69, 9.17) is 8.85 Å².